The van der Waals surface area contributed by atoms with E-state index in [4.69, 9.17) is 47.4 Å². The van der Waals surface area contributed by atoms with Gasteiger partial charge in [0.25, 0.3) is 0 Å². The SMILES string of the molecule is C.C.C.C.C.CCC(C)OCC(C)C.CCC(C)OCC(C)C.CCCN(C)CCC.CCCOCC.CCCOCCC.CCCOCCC.CCN(C)CC.CCOCC.CCOCC.CCOCc1ccc(C)cc1.CCOCc1ccc(COCC)cc1. The fourth-order valence-corrected chi connectivity index (χ4v) is 5.60. The van der Waals surface area contributed by atoms with Crippen molar-refractivity contribution in [2.45, 2.75) is 307 Å². The molecule has 2 aromatic rings. The number of ether oxygens (including phenoxy) is 10. The van der Waals surface area contributed by atoms with E-state index in [1.165, 1.54) is 48.2 Å². The van der Waals surface area contributed by atoms with E-state index in [1.807, 2.05) is 55.4 Å². The van der Waals surface area contributed by atoms with Crippen molar-refractivity contribution in [3.63, 3.8) is 0 Å². The molecule has 0 spiro atoms. The second-order valence-electron chi connectivity index (χ2n) is 21.4. The lowest BCUT2D eigenvalue weighted by Crippen LogP contribution is -2.19. The highest BCUT2D eigenvalue weighted by Crippen LogP contribution is 2.07. The molecule has 2 aromatic carbocycles. The molecule has 0 aliphatic heterocycles. The Bertz CT molecular complexity index is 1270. The minimum atomic E-state index is 0. The van der Waals surface area contributed by atoms with Gasteiger partial charge in [-0.3, -0.25) is 0 Å². The molecule has 0 heterocycles. The monoisotopic (exact) mass is 1330 g/mol. The Kier molecular flexibility index (Phi) is 156. The number of aryl methyl sites for hydroxylation is 1. The molecular formula is C80H178N2O10. The standard InChI is InChI=1S/C12H18O2.C10H14O.2C8H18O.C7H17N.2C6H14O.C5H13N.C5H12O.2C4H10O.5CH4/c1-3-13-9-11-5-7-12(8-6-11)10-14-4-2;1-3-11-8-10-6-4-9(2)5-7-10;2*1-5-8(4)9-6-7(2)3;1-4-6-8(3)7-5-2;2*1-3-5-7-6-4-2;1-4-6(3)5-2;1-3-5-6-4-2;2*1-3-5-4-2;;;;;/h5-8H,3-4,9-10H2,1-2H3;4-7H,3,8H2,1-2H3;2*7-8H,5-6H2,1-4H3;4-7H2,1-3H3;2*3-6H2,1-2H3;4-5H2,1-3H3;3-5H2,1-2H3;2*3-4H2,1-2H3;5*1H4. The van der Waals surface area contributed by atoms with E-state index < -0.39 is 0 Å². The fraction of sp³-hybridized carbons (Fsp3) is 0.850. The van der Waals surface area contributed by atoms with Crippen molar-refractivity contribution in [2.75, 3.05) is 139 Å². The van der Waals surface area contributed by atoms with Gasteiger partial charge in [-0.1, -0.05) is 195 Å². The molecule has 568 valence electrons. The van der Waals surface area contributed by atoms with Gasteiger partial charge >= 0.3 is 0 Å². The molecule has 0 bridgehead atoms. The Morgan fingerprint density at radius 2 is 0.543 bits per heavy atom. The average molecular weight is 1330 g/mol. The molecule has 92 heavy (non-hydrogen) atoms. The van der Waals surface area contributed by atoms with E-state index >= 15 is 0 Å². The van der Waals surface area contributed by atoms with Crippen LogP contribution in [0.1, 0.15) is 290 Å². The predicted octanol–water partition coefficient (Wildman–Crippen LogP) is 23.2. The number of hydrogen-bond donors (Lipinski definition) is 0. The Labute approximate surface area is 583 Å². The lowest BCUT2D eigenvalue weighted by Gasteiger charge is -2.12. The first-order valence-electron chi connectivity index (χ1n) is 35.1. The topological polar surface area (TPSA) is 98.8 Å². The second-order valence-corrected chi connectivity index (χ2v) is 21.4. The summed E-state index contributed by atoms with van der Waals surface area (Å²) in [5.41, 5.74) is 4.97. The molecule has 0 saturated heterocycles. The van der Waals surface area contributed by atoms with Crippen LogP contribution in [0, 0.1) is 18.8 Å². The van der Waals surface area contributed by atoms with Crippen molar-refractivity contribution in [1.82, 2.24) is 9.80 Å². The van der Waals surface area contributed by atoms with Crippen LogP contribution in [-0.4, -0.2) is 161 Å². The van der Waals surface area contributed by atoms with Crippen LogP contribution in [0.5, 0.6) is 0 Å². The molecule has 2 atom stereocenters. The van der Waals surface area contributed by atoms with Gasteiger partial charge in [-0.05, 0) is 203 Å². The van der Waals surface area contributed by atoms with Crippen LogP contribution in [0.3, 0.4) is 0 Å². The molecular weight excluding hydrogens is 1150 g/mol. The van der Waals surface area contributed by atoms with E-state index in [9.17, 15) is 0 Å². The fourth-order valence-electron chi connectivity index (χ4n) is 5.60. The van der Waals surface area contributed by atoms with Crippen molar-refractivity contribution >= 4 is 0 Å². The minimum Gasteiger partial charge on any atom is -0.382 e. The van der Waals surface area contributed by atoms with Crippen LogP contribution in [0.15, 0.2) is 48.5 Å². The third-order valence-electron chi connectivity index (χ3n) is 11.2. The summed E-state index contributed by atoms with van der Waals surface area (Å²) in [5.74, 6) is 1.33. The third-order valence-corrected chi connectivity index (χ3v) is 11.2. The number of nitrogens with zero attached hydrogens (tertiary/aromatic N) is 2. The molecule has 0 N–H and O–H groups in total. The lowest BCUT2D eigenvalue weighted by atomic mass is 10.1. The Morgan fingerprint density at radius 3 is 0.707 bits per heavy atom. The quantitative estimate of drug-likeness (QED) is 0.0599. The zero-order chi connectivity index (χ0) is 68.4. The molecule has 2 unspecified atom stereocenters. The molecule has 2 rings (SSSR count). The first kappa shape index (κ1) is 123. The summed E-state index contributed by atoms with van der Waals surface area (Å²) in [4.78, 5) is 4.61. The van der Waals surface area contributed by atoms with Crippen molar-refractivity contribution in [3.05, 3.63) is 70.8 Å². The Balaban J connectivity index is -0.0000000612. The average Bonchev–Trinajstić information content (AvgIpc) is 2.15. The summed E-state index contributed by atoms with van der Waals surface area (Å²) in [6.45, 7) is 74.5. The smallest absolute Gasteiger partial charge is 0.0716 e. The van der Waals surface area contributed by atoms with Crippen LogP contribution < -0.4 is 0 Å². The molecule has 12 heteroatoms. The van der Waals surface area contributed by atoms with Gasteiger partial charge in [-0.15, -0.1) is 0 Å². The summed E-state index contributed by atoms with van der Waals surface area (Å²) >= 11 is 0. The molecule has 0 fully saturated rings. The lowest BCUT2D eigenvalue weighted by molar-refractivity contribution is 0.0454. The Hall–Kier alpha value is -2.04. The van der Waals surface area contributed by atoms with E-state index in [0.717, 1.165) is 164 Å². The summed E-state index contributed by atoms with van der Waals surface area (Å²) in [6, 6.07) is 16.8. The van der Waals surface area contributed by atoms with Crippen molar-refractivity contribution in [3.8, 4) is 0 Å². The number of hydrogen-bond acceptors (Lipinski definition) is 12. The van der Waals surface area contributed by atoms with Gasteiger partial charge in [0, 0.05) is 99.1 Å². The van der Waals surface area contributed by atoms with Gasteiger partial charge in [-0.25, -0.2) is 0 Å². The highest BCUT2D eigenvalue weighted by Gasteiger charge is 2.00. The van der Waals surface area contributed by atoms with Crippen molar-refractivity contribution < 1.29 is 47.4 Å². The van der Waals surface area contributed by atoms with Crippen LogP contribution >= 0.6 is 0 Å². The summed E-state index contributed by atoms with van der Waals surface area (Å²) in [5, 5.41) is 0. The zero-order valence-electron chi connectivity index (χ0n) is 63.8. The van der Waals surface area contributed by atoms with E-state index in [2.05, 4.69) is 197 Å². The molecule has 0 saturated carbocycles. The highest BCUT2D eigenvalue weighted by molar-refractivity contribution is 5.21. The van der Waals surface area contributed by atoms with Crippen LogP contribution in [-0.2, 0) is 67.2 Å². The predicted molar refractivity (Wildman–Crippen MR) is 419 cm³/mol. The minimum absolute atomic E-state index is 0. The maximum absolute atomic E-state index is 5.45. The maximum atomic E-state index is 5.45. The van der Waals surface area contributed by atoms with E-state index in [-0.39, 0.29) is 37.1 Å². The van der Waals surface area contributed by atoms with Gasteiger partial charge in [-0.2, -0.15) is 0 Å². The Morgan fingerprint density at radius 1 is 0.304 bits per heavy atom. The first-order valence-corrected chi connectivity index (χ1v) is 35.1. The van der Waals surface area contributed by atoms with Crippen molar-refractivity contribution in [2.24, 2.45) is 11.8 Å². The first-order chi connectivity index (χ1) is 41.7. The second kappa shape index (κ2) is 116. The molecule has 0 aliphatic carbocycles. The molecule has 0 aromatic heterocycles. The third kappa shape index (κ3) is 140. The zero-order valence-corrected chi connectivity index (χ0v) is 63.8. The van der Waals surface area contributed by atoms with E-state index in [1.54, 1.807) is 0 Å². The van der Waals surface area contributed by atoms with Gasteiger partial charge in [0.1, 0.15) is 0 Å². The summed E-state index contributed by atoms with van der Waals surface area (Å²) in [7, 11) is 4.28. The largest absolute Gasteiger partial charge is 0.382 e. The summed E-state index contributed by atoms with van der Waals surface area (Å²) in [6.07, 6.45) is 11.3. The normalized spacial score (nSPS) is 10.1. The molecule has 12 nitrogen and oxygen atoms in total. The molecule has 0 radical (unpaired) electrons. The molecule has 0 aliphatic rings. The van der Waals surface area contributed by atoms with Crippen LogP contribution in [0.2, 0.25) is 0 Å². The number of rotatable bonds is 38. The maximum Gasteiger partial charge on any atom is 0.0716 e. The molecule has 0 amide bonds. The van der Waals surface area contributed by atoms with Gasteiger partial charge in [0.2, 0.25) is 0 Å². The van der Waals surface area contributed by atoms with E-state index in [0.29, 0.717) is 37.3 Å². The van der Waals surface area contributed by atoms with Gasteiger partial charge in [0.05, 0.1) is 32.0 Å². The van der Waals surface area contributed by atoms with Crippen LogP contribution in [0.25, 0.3) is 0 Å². The number of benzene rings is 2. The highest BCUT2D eigenvalue weighted by atomic mass is 16.5. The summed E-state index contributed by atoms with van der Waals surface area (Å²) < 4.78 is 51.7. The van der Waals surface area contributed by atoms with Crippen LogP contribution in [0.4, 0.5) is 0 Å². The van der Waals surface area contributed by atoms with Gasteiger partial charge < -0.3 is 57.2 Å². The van der Waals surface area contributed by atoms with Gasteiger partial charge in [0.15, 0.2) is 0 Å². The van der Waals surface area contributed by atoms with Crippen molar-refractivity contribution in [1.29, 1.82) is 0 Å².